The predicted molar refractivity (Wildman–Crippen MR) is 141 cm³/mol. The van der Waals surface area contributed by atoms with Crippen LogP contribution in [0.15, 0.2) is 30.3 Å². The Kier molecular flexibility index (Phi) is 10.1. The van der Waals surface area contributed by atoms with E-state index in [1.165, 1.54) is 4.90 Å². The van der Waals surface area contributed by atoms with E-state index in [0.29, 0.717) is 5.69 Å². The molecule has 2 aromatic carbocycles. The molecule has 0 saturated carbocycles. The Morgan fingerprint density at radius 2 is 1.62 bits per heavy atom. The lowest BCUT2D eigenvalue weighted by molar-refractivity contribution is -0.150. The number of halogens is 4. The lowest BCUT2D eigenvalue weighted by Gasteiger charge is -2.38. The third kappa shape index (κ3) is 7.71. The molecule has 42 heavy (non-hydrogen) atoms. The average molecular weight is 595 g/mol. The molecular weight excluding hydrogens is 564 g/mol. The lowest BCUT2D eigenvalue weighted by atomic mass is 9.86. The summed E-state index contributed by atoms with van der Waals surface area (Å²) < 4.78 is 59.0. The van der Waals surface area contributed by atoms with Crippen LogP contribution in [0.4, 0.5) is 23.2 Å². The van der Waals surface area contributed by atoms with Crippen molar-refractivity contribution in [2.75, 3.05) is 25.0 Å². The zero-order valence-electron chi connectivity index (χ0n) is 23.1. The summed E-state index contributed by atoms with van der Waals surface area (Å²) in [5.41, 5.74) is 1.02. The quantitative estimate of drug-likeness (QED) is 0.228. The van der Waals surface area contributed by atoms with Gasteiger partial charge < -0.3 is 20.1 Å². The zero-order valence-corrected chi connectivity index (χ0v) is 23.1. The average Bonchev–Trinajstić information content (AvgIpc) is 2.88. The number of carbonyl (C=O) groups excluding carboxylic acids is 4. The highest BCUT2D eigenvalue weighted by molar-refractivity contribution is 6.39. The van der Waals surface area contributed by atoms with Gasteiger partial charge in [-0.25, -0.2) is 8.78 Å². The first-order valence-electron chi connectivity index (χ1n) is 13.0. The number of ketones is 2. The Labute approximate surface area is 238 Å². The van der Waals surface area contributed by atoms with Gasteiger partial charge in [0.25, 0.3) is 0 Å². The molecule has 226 valence electrons. The van der Waals surface area contributed by atoms with Gasteiger partial charge in [0.15, 0.2) is 23.2 Å². The monoisotopic (exact) mass is 594 g/mol. The van der Waals surface area contributed by atoms with Crippen LogP contribution in [0.5, 0.6) is 5.75 Å². The summed E-state index contributed by atoms with van der Waals surface area (Å²) >= 11 is 0. The molecule has 1 heterocycles. The van der Waals surface area contributed by atoms with E-state index in [1.807, 2.05) is 32.9 Å². The molecule has 0 radical (unpaired) electrons. The van der Waals surface area contributed by atoms with Crippen LogP contribution in [-0.2, 0) is 29.4 Å². The maximum absolute atomic E-state index is 13.8. The smallest absolute Gasteiger partial charge is 0.313 e. The first-order valence-corrected chi connectivity index (χ1v) is 13.0. The number of ether oxygens (including phenoxy) is 1. The van der Waals surface area contributed by atoms with Crippen LogP contribution < -0.4 is 10.1 Å². The molecule has 9 nitrogen and oxygen atoms in total. The number of likely N-dealkylation sites (tertiary alicyclic amines) is 1. The summed E-state index contributed by atoms with van der Waals surface area (Å²) in [5.74, 6) is -15.0. The highest BCUT2D eigenvalue weighted by Gasteiger charge is 2.38. The van der Waals surface area contributed by atoms with Crippen molar-refractivity contribution in [3.63, 3.8) is 0 Å². The Morgan fingerprint density at radius 3 is 2.19 bits per heavy atom. The molecular formula is C29H30F4N2O7. The van der Waals surface area contributed by atoms with Gasteiger partial charge in [0.1, 0.15) is 12.4 Å². The van der Waals surface area contributed by atoms with Crippen molar-refractivity contribution in [2.24, 2.45) is 11.8 Å². The SMILES string of the molecule is CC(C)(C)c1ccccc1NC(=O)C(=O)N1CC(C(=O)CC[C@@H](CC(=O)O)C(=O)COc2c(F)c(F)cc(F)c2F)C1. The van der Waals surface area contributed by atoms with Crippen LogP contribution in [0.1, 0.15) is 45.6 Å². The van der Waals surface area contributed by atoms with Gasteiger partial charge in [-0.1, -0.05) is 39.0 Å². The standard InChI is InChI=1S/C29H30F4N2O7/c1-29(2,3)17-6-4-5-7-20(17)34-27(40)28(41)35-12-16(13-35)21(36)9-8-15(10-23(38)39)22(37)14-42-26-24(32)18(30)11-19(31)25(26)33/h4-7,11,15-16H,8-10,12-14H2,1-3H3,(H,34,40)(H,38,39)/t15-/m0/s1. The number of nitrogens with one attached hydrogen (secondary N) is 1. The minimum atomic E-state index is -1.86. The van der Waals surface area contributed by atoms with E-state index in [0.717, 1.165) is 5.56 Å². The molecule has 0 aliphatic carbocycles. The van der Waals surface area contributed by atoms with E-state index in [4.69, 9.17) is 5.11 Å². The number of carbonyl (C=O) groups is 5. The number of para-hydroxylation sites is 1. The largest absolute Gasteiger partial charge is 0.481 e. The number of Topliss-reactive ketones (excluding diaryl/α,β-unsaturated/α-hetero) is 2. The molecule has 0 unspecified atom stereocenters. The number of aliphatic carboxylic acids is 1. The lowest BCUT2D eigenvalue weighted by Crippen LogP contribution is -2.56. The number of hydrogen-bond donors (Lipinski definition) is 2. The zero-order chi connectivity index (χ0) is 31.4. The van der Waals surface area contributed by atoms with Crippen molar-refractivity contribution in [1.29, 1.82) is 0 Å². The van der Waals surface area contributed by atoms with E-state index in [-0.39, 0.29) is 43.2 Å². The summed E-state index contributed by atoms with van der Waals surface area (Å²) in [4.78, 5) is 62.8. The second-order valence-electron chi connectivity index (χ2n) is 11.0. The molecule has 0 bridgehead atoms. The molecule has 3 rings (SSSR count). The maximum atomic E-state index is 13.8. The van der Waals surface area contributed by atoms with Crippen molar-refractivity contribution in [3.05, 3.63) is 59.2 Å². The molecule has 1 aliphatic heterocycles. The van der Waals surface area contributed by atoms with E-state index in [2.05, 4.69) is 10.1 Å². The Morgan fingerprint density at radius 1 is 1.02 bits per heavy atom. The Bertz CT molecular complexity index is 1370. The summed E-state index contributed by atoms with van der Waals surface area (Å²) in [5, 5.41) is 11.8. The summed E-state index contributed by atoms with van der Waals surface area (Å²) in [6.45, 7) is 4.68. The van der Waals surface area contributed by atoms with E-state index in [9.17, 15) is 41.5 Å². The Balaban J connectivity index is 1.53. The number of amides is 2. The number of nitrogens with zero attached hydrogens (tertiary/aromatic N) is 1. The molecule has 1 saturated heterocycles. The van der Waals surface area contributed by atoms with Gasteiger partial charge in [0.2, 0.25) is 11.6 Å². The van der Waals surface area contributed by atoms with E-state index in [1.54, 1.807) is 12.1 Å². The highest BCUT2D eigenvalue weighted by atomic mass is 19.2. The Hall–Kier alpha value is -4.29. The van der Waals surface area contributed by atoms with Gasteiger partial charge in [-0.05, 0) is 23.5 Å². The van der Waals surface area contributed by atoms with Crippen LogP contribution in [0, 0.1) is 35.1 Å². The summed E-state index contributed by atoms with van der Waals surface area (Å²) in [7, 11) is 0. The van der Waals surface area contributed by atoms with Crippen LogP contribution in [0.2, 0.25) is 0 Å². The topological polar surface area (TPSA) is 130 Å². The summed E-state index contributed by atoms with van der Waals surface area (Å²) in [6, 6.07) is 7.02. The minimum absolute atomic E-state index is 0.0358. The highest BCUT2D eigenvalue weighted by Crippen LogP contribution is 2.30. The van der Waals surface area contributed by atoms with E-state index < -0.39 is 77.4 Å². The molecule has 13 heteroatoms. The number of benzene rings is 2. The van der Waals surface area contributed by atoms with Crippen molar-refractivity contribution in [1.82, 2.24) is 4.90 Å². The predicted octanol–water partition coefficient (Wildman–Crippen LogP) is 4.03. The third-order valence-electron chi connectivity index (χ3n) is 6.85. The number of anilines is 1. The van der Waals surface area contributed by atoms with Crippen LogP contribution in [0.25, 0.3) is 0 Å². The second-order valence-corrected chi connectivity index (χ2v) is 11.0. The fourth-order valence-corrected chi connectivity index (χ4v) is 4.46. The number of rotatable bonds is 11. The van der Waals surface area contributed by atoms with Crippen LogP contribution in [-0.4, -0.2) is 59.1 Å². The molecule has 0 aromatic heterocycles. The van der Waals surface area contributed by atoms with Crippen LogP contribution in [0.3, 0.4) is 0 Å². The van der Waals surface area contributed by atoms with Gasteiger partial charge in [0, 0.05) is 37.2 Å². The normalized spacial score (nSPS) is 14.1. The van der Waals surface area contributed by atoms with Gasteiger partial charge in [-0.15, -0.1) is 0 Å². The van der Waals surface area contributed by atoms with Gasteiger partial charge in [-0.3, -0.25) is 24.0 Å². The first kappa shape index (κ1) is 32.2. The molecule has 2 N–H and O–H groups in total. The second kappa shape index (κ2) is 13.1. The van der Waals surface area contributed by atoms with Gasteiger partial charge in [-0.2, -0.15) is 8.78 Å². The van der Waals surface area contributed by atoms with Crippen molar-refractivity contribution in [3.8, 4) is 5.75 Å². The summed E-state index contributed by atoms with van der Waals surface area (Å²) in [6.07, 6.45) is -1.26. The van der Waals surface area contributed by atoms with Crippen molar-refractivity contribution >= 4 is 35.0 Å². The van der Waals surface area contributed by atoms with Gasteiger partial charge >= 0.3 is 17.8 Å². The molecule has 2 amide bonds. The van der Waals surface area contributed by atoms with E-state index >= 15 is 0 Å². The van der Waals surface area contributed by atoms with Gasteiger partial charge in [0.05, 0.1) is 12.3 Å². The third-order valence-corrected chi connectivity index (χ3v) is 6.85. The molecule has 1 atom stereocenters. The molecule has 1 aliphatic rings. The number of carboxylic acid groups (broad SMARTS) is 1. The van der Waals surface area contributed by atoms with Crippen molar-refractivity contribution < 1.29 is 51.4 Å². The number of carboxylic acids is 1. The van der Waals surface area contributed by atoms with Crippen molar-refractivity contribution in [2.45, 2.75) is 45.4 Å². The fourth-order valence-electron chi connectivity index (χ4n) is 4.46. The fraction of sp³-hybridized carbons (Fsp3) is 0.414. The maximum Gasteiger partial charge on any atom is 0.313 e. The minimum Gasteiger partial charge on any atom is -0.481 e. The molecule has 2 aromatic rings. The molecule has 1 fully saturated rings. The molecule has 0 spiro atoms. The number of hydrogen-bond acceptors (Lipinski definition) is 6. The van der Waals surface area contributed by atoms with Crippen LogP contribution >= 0.6 is 0 Å². The first-order chi connectivity index (χ1) is 19.6.